The minimum absolute atomic E-state index is 0.302. The molecule has 0 bridgehead atoms. The molecular formula is C44H41F2NO5. The van der Waals surface area contributed by atoms with E-state index < -0.39 is 11.8 Å². The highest BCUT2D eigenvalue weighted by Gasteiger charge is 2.32. The molecule has 2 aliphatic carbocycles. The number of fused-ring (bicyclic) bond motifs is 2. The molecule has 6 aromatic rings. The van der Waals surface area contributed by atoms with E-state index in [9.17, 15) is 18.4 Å². The highest BCUT2D eigenvalue weighted by molar-refractivity contribution is 5.85. The van der Waals surface area contributed by atoms with Gasteiger partial charge in [-0.05, 0) is 115 Å². The number of benzene rings is 4. The van der Waals surface area contributed by atoms with Crippen molar-refractivity contribution in [1.29, 1.82) is 0 Å². The SMILES string of the molecule is O=C(O)C1CN(Cc2ccc(-c3cc4cc(C5CCCC5)ccc4o3)c(F)c2)C1.O=Cc1ccc(-c2cc3cc(C4CCCC4)ccc3o2)c(F)c1. The van der Waals surface area contributed by atoms with Crippen LogP contribution in [0, 0.1) is 17.6 Å². The van der Waals surface area contributed by atoms with Crippen molar-refractivity contribution in [2.75, 3.05) is 13.1 Å². The van der Waals surface area contributed by atoms with E-state index >= 15 is 0 Å². The number of halogens is 2. The van der Waals surface area contributed by atoms with Gasteiger partial charge in [-0.25, -0.2) is 8.78 Å². The maximum Gasteiger partial charge on any atom is 0.309 e. The van der Waals surface area contributed by atoms with Gasteiger partial charge in [0.15, 0.2) is 0 Å². The lowest BCUT2D eigenvalue weighted by atomic mass is 9.96. The van der Waals surface area contributed by atoms with Gasteiger partial charge in [0.25, 0.3) is 0 Å². The third-order valence-corrected chi connectivity index (χ3v) is 11.1. The number of furan rings is 2. The van der Waals surface area contributed by atoms with Crippen LogP contribution in [-0.2, 0) is 11.3 Å². The van der Waals surface area contributed by atoms with Crippen molar-refractivity contribution in [2.24, 2.45) is 5.92 Å². The smallest absolute Gasteiger partial charge is 0.309 e. The van der Waals surface area contributed by atoms with Gasteiger partial charge in [0, 0.05) is 36.0 Å². The fourth-order valence-electron chi connectivity index (χ4n) is 8.19. The number of carbonyl (C=O) groups excluding carboxylic acids is 1. The van der Waals surface area contributed by atoms with Gasteiger partial charge in [0.05, 0.1) is 17.0 Å². The van der Waals surface area contributed by atoms with Crippen LogP contribution in [-0.4, -0.2) is 35.4 Å². The molecule has 0 radical (unpaired) electrons. The zero-order valence-corrected chi connectivity index (χ0v) is 29.0. The molecule has 3 aliphatic rings. The van der Waals surface area contributed by atoms with Crippen LogP contribution in [0.2, 0.25) is 0 Å². The molecule has 52 heavy (non-hydrogen) atoms. The summed E-state index contributed by atoms with van der Waals surface area (Å²) in [6, 6.07) is 26.0. The van der Waals surface area contributed by atoms with Crippen LogP contribution in [0.5, 0.6) is 0 Å². The first-order valence-electron chi connectivity index (χ1n) is 18.4. The highest BCUT2D eigenvalue weighted by Crippen LogP contribution is 2.39. The first kappa shape index (κ1) is 34.0. The van der Waals surface area contributed by atoms with E-state index in [-0.39, 0.29) is 11.7 Å². The summed E-state index contributed by atoms with van der Waals surface area (Å²) < 4.78 is 40.7. The van der Waals surface area contributed by atoms with Gasteiger partial charge < -0.3 is 13.9 Å². The minimum atomic E-state index is -0.760. The van der Waals surface area contributed by atoms with E-state index in [0.717, 1.165) is 27.5 Å². The van der Waals surface area contributed by atoms with Crippen molar-refractivity contribution < 1.29 is 32.3 Å². The number of carboxylic acids is 1. The Bertz CT molecular complexity index is 2250. The van der Waals surface area contributed by atoms with Crippen LogP contribution in [0.15, 0.2) is 93.8 Å². The van der Waals surface area contributed by atoms with Gasteiger partial charge >= 0.3 is 5.97 Å². The lowest BCUT2D eigenvalue weighted by Gasteiger charge is -2.36. The van der Waals surface area contributed by atoms with Crippen molar-refractivity contribution in [3.8, 4) is 22.6 Å². The van der Waals surface area contributed by atoms with Crippen molar-refractivity contribution >= 4 is 34.2 Å². The number of hydrogen-bond acceptors (Lipinski definition) is 5. The molecule has 0 amide bonds. The number of likely N-dealkylation sites (tertiary alicyclic amines) is 1. The van der Waals surface area contributed by atoms with Gasteiger partial charge in [0.2, 0.25) is 0 Å². The summed E-state index contributed by atoms with van der Waals surface area (Å²) in [4.78, 5) is 23.6. The maximum absolute atomic E-state index is 14.8. The van der Waals surface area contributed by atoms with E-state index in [2.05, 4.69) is 24.3 Å². The monoisotopic (exact) mass is 701 g/mol. The molecular weight excluding hydrogens is 660 g/mol. The molecule has 6 nitrogen and oxygen atoms in total. The molecule has 1 N–H and O–H groups in total. The van der Waals surface area contributed by atoms with Crippen molar-refractivity contribution in [2.45, 2.75) is 69.7 Å². The summed E-state index contributed by atoms with van der Waals surface area (Å²) in [5, 5.41) is 11.0. The zero-order chi connectivity index (χ0) is 35.8. The van der Waals surface area contributed by atoms with Gasteiger partial charge in [-0.3, -0.25) is 14.5 Å². The summed E-state index contributed by atoms with van der Waals surface area (Å²) in [6.07, 6.45) is 10.8. The minimum Gasteiger partial charge on any atom is -0.481 e. The van der Waals surface area contributed by atoms with Gasteiger partial charge in [-0.1, -0.05) is 49.9 Å². The van der Waals surface area contributed by atoms with E-state index in [1.165, 1.54) is 74.6 Å². The quantitative estimate of drug-likeness (QED) is 0.159. The first-order chi connectivity index (χ1) is 25.3. The van der Waals surface area contributed by atoms with Crippen LogP contribution in [0.1, 0.15) is 90.3 Å². The Morgan fingerprint density at radius 2 is 1.21 bits per heavy atom. The average Bonchev–Trinajstić information content (AvgIpc) is 3.96. The number of aliphatic carboxylic acids is 1. The lowest BCUT2D eigenvalue weighted by molar-refractivity contribution is -0.147. The van der Waals surface area contributed by atoms with Crippen LogP contribution >= 0.6 is 0 Å². The van der Waals surface area contributed by atoms with E-state index in [1.807, 2.05) is 35.2 Å². The van der Waals surface area contributed by atoms with Crippen molar-refractivity contribution in [3.63, 3.8) is 0 Å². The largest absolute Gasteiger partial charge is 0.481 e. The average molecular weight is 702 g/mol. The van der Waals surface area contributed by atoms with Crippen LogP contribution in [0.4, 0.5) is 8.78 Å². The number of hydrogen-bond donors (Lipinski definition) is 1. The molecule has 4 aromatic carbocycles. The van der Waals surface area contributed by atoms with Crippen LogP contribution in [0.3, 0.4) is 0 Å². The van der Waals surface area contributed by atoms with Gasteiger partial charge in [-0.2, -0.15) is 0 Å². The van der Waals surface area contributed by atoms with Crippen molar-refractivity contribution in [3.05, 3.63) is 119 Å². The third kappa shape index (κ3) is 7.04. The molecule has 2 saturated carbocycles. The summed E-state index contributed by atoms with van der Waals surface area (Å²) in [6.45, 7) is 1.60. The van der Waals surface area contributed by atoms with E-state index in [4.69, 9.17) is 13.9 Å². The summed E-state index contributed by atoms with van der Waals surface area (Å²) in [5.74, 6) is 0.503. The zero-order valence-electron chi connectivity index (χ0n) is 29.0. The molecule has 1 saturated heterocycles. The van der Waals surface area contributed by atoms with E-state index in [0.29, 0.717) is 66.0 Å². The molecule has 2 aromatic heterocycles. The molecule has 266 valence electrons. The Morgan fingerprint density at radius 1 is 0.692 bits per heavy atom. The molecule has 1 aliphatic heterocycles. The fourth-order valence-corrected chi connectivity index (χ4v) is 8.19. The topological polar surface area (TPSA) is 83.9 Å². The summed E-state index contributed by atoms with van der Waals surface area (Å²) in [7, 11) is 0. The van der Waals surface area contributed by atoms with Crippen LogP contribution < -0.4 is 0 Å². The molecule has 3 fully saturated rings. The Balaban J connectivity index is 0.000000153. The maximum atomic E-state index is 14.8. The van der Waals surface area contributed by atoms with Gasteiger partial charge in [0.1, 0.15) is 40.6 Å². The molecule has 0 unspecified atom stereocenters. The number of aldehydes is 1. The highest BCUT2D eigenvalue weighted by atomic mass is 19.1. The Kier molecular flexibility index (Phi) is 9.49. The molecule has 0 spiro atoms. The third-order valence-electron chi connectivity index (χ3n) is 11.1. The Labute approximate surface area is 301 Å². The van der Waals surface area contributed by atoms with Gasteiger partial charge in [-0.15, -0.1) is 0 Å². The number of rotatable bonds is 8. The standard InChI is InChI=1S/C24H24FNO3.C20H17FO2/c25-21-9-15(12-26-13-19(14-26)24(27)28)5-7-20(21)23-11-18-10-17(6-8-22(18)29-23)16-3-1-2-4-16;21-18-9-13(12-22)5-7-17(18)20-11-16-10-15(6-8-19(16)23-20)14-3-1-2-4-14/h5-11,16,19H,1-4,12-14H2,(H,27,28);5-12,14H,1-4H2. The first-order valence-corrected chi connectivity index (χ1v) is 18.4. The summed E-state index contributed by atoms with van der Waals surface area (Å²) >= 11 is 0. The predicted molar refractivity (Wildman–Crippen MR) is 197 cm³/mol. The fraction of sp³-hybridized carbons (Fsp3) is 0.318. The lowest BCUT2D eigenvalue weighted by Crippen LogP contribution is -2.49. The number of carboxylic acid groups (broad SMARTS) is 1. The summed E-state index contributed by atoms with van der Waals surface area (Å²) in [5.41, 5.74) is 6.26. The second-order valence-corrected chi connectivity index (χ2v) is 14.7. The second-order valence-electron chi connectivity index (χ2n) is 14.7. The number of carbonyl (C=O) groups is 2. The predicted octanol–water partition coefficient (Wildman–Crippen LogP) is 11.1. The normalized spacial score (nSPS) is 17.0. The molecule has 9 rings (SSSR count). The van der Waals surface area contributed by atoms with E-state index in [1.54, 1.807) is 18.2 Å². The molecule has 8 heteroatoms. The Morgan fingerprint density at radius 3 is 1.69 bits per heavy atom. The van der Waals surface area contributed by atoms with Crippen LogP contribution in [0.25, 0.3) is 44.6 Å². The molecule has 3 heterocycles. The Hall–Kier alpha value is -5.08. The van der Waals surface area contributed by atoms with Crippen molar-refractivity contribution in [1.82, 2.24) is 4.90 Å². The second kappa shape index (κ2) is 14.5. The number of nitrogens with zero attached hydrogens (tertiary/aromatic N) is 1. The molecule has 0 atom stereocenters.